The predicted molar refractivity (Wildman–Crippen MR) is 105 cm³/mol. The Balaban J connectivity index is 1.75. The number of amides is 3. The molecule has 12 heteroatoms. The second kappa shape index (κ2) is 10.6. The zero-order valence-corrected chi connectivity index (χ0v) is 17.2. The van der Waals surface area contributed by atoms with Crippen LogP contribution in [0, 0.1) is 24.4 Å². The molecular formula is C19H18F3N3O5S. The van der Waals surface area contributed by atoms with Crippen LogP contribution in [0.5, 0.6) is 0 Å². The molecule has 0 radical (unpaired) electrons. The largest absolute Gasteiger partial charge is 0.451 e. The molecule has 1 aromatic carbocycles. The van der Waals surface area contributed by atoms with E-state index in [0.717, 1.165) is 10.9 Å². The molecule has 8 nitrogen and oxygen atoms in total. The lowest BCUT2D eigenvalue weighted by molar-refractivity contribution is -0.153. The Morgan fingerprint density at radius 3 is 2.35 bits per heavy atom. The third kappa shape index (κ3) is 6.81. The summed E-state index contributed by atoms with van der Waals surface area (Å²) >= 11 is 1.25. The van der Waals surface area contributed by atoms with E-state index in [0.29, 0.717) is 10.9 Å². The van der Waals surface area contributed by atoms with E-state index in [2.05, 4.69) is 10.6 Å². The van der Waals surface area contributed by atoms with Crippen LogP contribution in [0.1, 0.15) is 21.5 Å². The lowest BCUT2D eigenvalue weighted by Crippen LogP contribution is -2.41. The summed E-state index contributed by atoms with van der Waals surface area (Å²) in [4.78, 5) is 48.7. The number of aryl methyl sites for hydroxylation is 1. The Labute approximate surface area is 178 Å². The zero-order valence-electron chi connectivity index (χ0n) is 16.4. The van der Waals surface area contributed by atoms with Gasteiger partial charge in [-0.15, -0.1) is 11.3 Å². The molecule has 0 saturated heterocycles. The first-order valence-corrected chi connectivity index (χ1v) is 9.65. The average Bonchev–Trinajstić information content (AvgIpc) is 3.17. The van der Waals surface area contributed by atoms with E-state index in [1.165, 1.54) is 18.3 Å². The highest BCUT2D eigenvalue weighted by molar-refractivity contribution is 7.13. The van der Waals surface area contributed by atoms with Crippen molar-refractivity contribution >= 4 is 40.7 Å². The molecule has 1 aromatic heterocycles. The molecule has 0 spiro atoms. The normalized spacial score (nSPS) is 11.4. The van der Waals surface area contributed by atoms with Gasteiger partial charge >= 0.3 is 5.97 Å². The number of ether oxygens (including phenoxy) is 1. The van der Waals surface area contributed by atoms with Gasteiger partial charge in [-0.3, -0.25) is 19.2 Å². The van der Waals surface area contributed by atoms with Crippen molar-refractivity contribution < 1.29 is 37.1 Å². The number of nitrogens with one attached hydrogen (secondary N) is 3. The van der Waals surface area contributed by atoms with Crippen LogP contribution in [-0.2, 0) is 19.1 Å². The molecule has 3 amide bonds. The van der Waals surface area contributed by atoms with Crippen molar-refractivity contribution in [2.45, 2.75) is 20.0 Å². The summed E-state index contributed by atoms with van der Waals surface area (Å²) in [5.41, 5.74) is -0.602. The third-order valence-electron chi connectivity index (χ3n) is 3.77. The highest BCUT2D eigenvalue weighted by atomic mass is 32.1. The van der Waals surface area contributed by atoms with Crippen LogP contribution in [0.2, 0.25) is 0 Å². The van der Waals surface area contributed by atoms with Crippen LogP contribution in [0.15, 0.2) is 24.3 Å². The molecule has 2 aromatic rings. The van der Waals surface area contributed by atoms with Crippen LogP contribution < -0.4 is 16.0 Å². The van der Waals surface area contributed by atoms with Crippen molar-refractivity contribution in [3.05, 3.63) is 51.5 Å². The molecule has 0 bridgehead atoms. The maximum atomic E-state index is 13.5. The number of hydrogen-bond acceptors (Lipinski definition) is 6. The van der Waals surface area contributed by atoms with E-state index in [1.54, 1.807) is 12.1 Å². The minimum absolute atomic E-state index is 0.416. The van der Waals surface area contributed by atoms with Gasteiger partial charge in [0.25, 0.3) is 11.8 Å². The molecule has 3 N–H and O–H groups in total. The van der Waals surface area contributed by atoms with E-state index in [1.807, 2.05) is 12.2 Å². The monoisotopic (exact) mass is 457 g/mol. The SMILES string of the molecule is Cc1ccc(C(=O)NCC(=O)OC(C)C(=O)NCC(=O)Nc2ccc(F)c(F)c2F)s1. The maximum absolute atomic E-state index is 13.5. The average molecular weight is 457 g/mol. The lowest BCUT2D eigenvalue weighted by atomic mass is 10.2. The van der Waals surface area contributed by atoms with E-state index >= 15 is 0 Å². The topological polar surface area (TPSA) is 114 Å². The summed E-state index contributed by atoms with van der Waals surface area (Å²) in [5.74, 6) is -7.85. The van der Waals surface area contributed by atoms with Gasteiger partial charge in [-0.25, -0.2) is 13.2 Å². The summed E-state index contributed by atoms with van der Waals surface area (Å²) < 4.78 is 44.4. The van der Waals surface area contributed by atoms with Crippen LogP contribution in [0.3, 0.4) is 0 Å². The van der Waals surface area contributed by atoms with Crippen LogP contribution in [-0.4, -0.2) is 42.9 Å². The molecule has 2 rings (SSSR count). The minimum Gasteiger partial charge on any atom is -0.451 e. The molecule has 0 fully saturated rings. The first-order chi connectivity index (χ1) is 14.6. The lowest BCUT2D eigenvalue weighted by Gasteiger charge is -2.14. The summed E-state index contributed by atoms with van der Waals surface area (Å²) in [6.07, 6.45) is -1.29. The highest BCUT2D eigenvalue weighted by Crippen LogP contribution is 2.19. The van der Waals surface area contributed by atoms with Gasteiger partial charge in [0.15, 0.2) is 23.6 Å². The molecule has 0 aliphatic heterocycles. The van der Waals surface area contributed by atoms with Gasteiger partial charge in [0.2, 0.25) is 5.91 Å². The molecule has 31 heavy (non-hydrogen) atoms. The van der Waals surface area contributed by atoms with Gasteiger partial charge in [-0.1, -0.05) is 0 Å². The smallest absolute Gasteiger partial charge is 0.326 e. The molecule has 1 unspecified atom stereocenters. The van der Waals surface area contributed by atoms with Crippen molar-refractivity contribution in [1.82, 2.24) is 10.6 Å². The van der Waals surface area contributed by atoms with Gasteiger partial charge in [-0.05, 0) is 38.1 Å². The van der Waals surface area contributed by atoms with Crippen molar-refractivity contribution in [2.24, 2.45) is 0 Å². The molecule has 0 aliphatic rings. The number of rotatable bonds is 8. The second-order valence-corrected chi connectivity index (χ2v) is 7.50. The molecule has 0 saturated carbocycles. The summed E-state index contributed by atoms with van der Waals surface area (Å²) in [7, 11) is 0. The van der Waals surface area contributed by atoms with Crippen LogP contribution in [0.25, 0.3) is 0 Å². The molecule has 1 heterocycles. The fraction of sp³-hybridized carbons (Fsp3) is 0.263. The first-order valence-electron chi connectivity index (χ1n) is 8.83. The number of carbonyl (C=O) groups excluding carboxylic acids is 4. The maximum Gasteiger partial charge on any atom is 0.326 e. The Bertz CT molecular complexity index is 1010. The fourth-order valence-electron chi connectivity index (χ4n) is 2.22. The number of anilines is 1. The van der Waals surface area contributed by atoms with Gasteiger partial charge in [0.05, 0.1) is 17.1 Å². The van der Waals surface area contributed by atoms with Crippen molar-refractivity contribution in [3.63, 3.8) is 0 Å². The summed E-state index contributed by atoms with van der Waals surface area (Å²) in [6.45, 7) is 1.95. The molecule has 1 atom stereocenters. The van der Waals surface area contributed by atoms with Gasteiger partial charge in [0.1, 0.15) is 6.54 Å². The number of carbonyl (C=O) groups is 4. The molecular weight excluding hydrogens is 439 g/mol. The second-order valence-electron chi connectivity index (χ2n) is 6.21. The van der Waals surface area contributed by atoms with Crippen LogP contribution >= 0.6 is 11.3 Å². The fourth-order valence-corrected chi connectivity index (χ4v) is 3.00. The number of hydrogen-bond donors (Lipinski definition) is 3. The van der Waals surface area contributed by atoms with E-state index in [4.69, 9.17) is 4.74 Å². The molecule has 0 aliphatic carbocycles. The van der Waals surface area contributed by atoms with Crippen molar-refractivity contribution in [1.29, 1.82) is 0 Å². The number of thiophene rings is 1. The first kappa shape index (κ1) is 23.9. The summed E-state index contributed by atoms with van der Waals surface area (Å²) in [6, 6.07) is 4.81. The number of halogens is 3. The van der Waals surface area contributed by atoms with Crippen molar-refractivity contribution in [2.75, 3.05) is 18.4 Å². The Morgan fingerprint density at radius 2 is 1.71 bits per heavy atom. The third-order valence-corrected chi connectivity index (χ3v) is 4.77. The highest BCUT2D eigenvalue weighted by Gasteiger charge is 2.20. The predicted octanol–water partition coefficient (Wildman–Crippen LogP) is 1.89. The van der Waals surface area contributed by atoms with Gasteiger partial charge in [-0.2, -0.15) is 0 Å². The standard InChI is InChI=1S/C19H18F3N3O5S/c1-9-3-6-13(31-9)19(29)24-8-15(27)30-10(2)18(28)23-7-14(26)25-12-5-4-11(20)16(21)17(12)22/h3-6,10H,7-8H2,1-2H3,(H,23,28)(H,24,29)(H,25,26). The summed E-state index contributed by atoms with van der Waals surface area (Å²) in [5, 5.41) is 6.47. The number of benzene rings is 1. The Morgan fingerprint density at radius 1 is 1.00 bits per heavy atom. The van der Waals surface area contributed by atoms with E-state index in [-0.39, 0.29) is 0 Å². The minimum atomic E-state index is -1.75. The Hall–Kier alpha value is -3.41. The van der Waals surface area contributed by atoms with Gasteiger partial charge < -0.3 is 20.7 Å². The molecule has 166 valence electrons. The van der Waals surface area contributed by atoms with Crippen LogP contribution in [0.4, 0.5) is 18.9 Å². The Kier molecular flexibility index (Phi) is 8.14. The quantitative estimate of drug-likeness (QED) is 0.414. The zero-order chi connectivity index (χ0) is 23.1. The van der Waals surface area contributed by atoms with E-state index < -0.39 is 66.0 Å². The van der Waals surface area contributed by atoms with Gasteiger partial charge in [0, 0.05) is 4.88 Å². The number of esters is 1. The van der Waals surface area contributed by atoms with Crippen molar-refractivity contribution in [3.8, 4) is 0 Å². The van der Waals surface area contributed by atoms with E-state index in [9.17, 15) is 32.3 Å².